The number of carbonyl (C=O) groups is 2. The van der Waals surface area contributed by atoms with Crippen LogP contribution in [0.1, 0.15) is 12.5 Å². The van der Waals surface area contributed by atoms with E-state index in [-0.39, 0.29) is 13.2 Å². The van der Waals surface area contributed by atoms with Crippen LogP contribution < -0.4 is 19.5 Å². The molecule has 29 heavy (non-hydrogen) atoms. The Bertz CT molecular complexity index is 919. The Morgan fingerprint density at radius 2 is 1.86 bits per heavy atom. The third-order valence-electron chi connectivity index (χ3n) is 4.97. The first-order valence-electron chi connectivity index (χ1n) is 9.37. The summed E-state index contributed by atoms with van der Waals surface area (Å²) >= 11 is 0. The number of ether oxygens (including phenoxy) is 3. The molecule has 0 spiro atoms. The van der Waals surface area contributed by atoms with E-state index in [1.54, 1.807) is 37.3 Å². The average Bonchev–Trinajstić information content (AvgIpc) is 2.96. The zero-order valence-electron chi connectivity index (χ0n) is 16.0. The second-order valence-corrected chi connectivity index (χ2v) is 7.11. The summed E-state index contributed by atoms with van der Waals surface area (Å²) in [4.78, 5) is 26.5. The van der Waals surface area contributed by atoms with Crippen molar-refractivity contribution in [3.63, 3.8) is 0 Å². The van der Waals surface area contributed by atoms with Gasteiger partial charge in [-0.2, -0.15) is 0 Å². The van der Waals surface area contributed by atoms with Crippen molar-refractivity contribution in [3.05, 3.63) is 54.1 Å². The molecular weight excluding hydrogens is 376 g/mol. The van der Waals surface area contributed by atoms with Gasteiger partial charge in [0.15, 0.2) is 11.5 Å². The van der Waals surface area contributed by atoms with Crippen LogP contribution in [0.15, 0.2) is 48.5 Å². The monoisotopic (exact) mass is 398 g/mol. The number of hydrogen-bond donors (Lipinski definition) is 2. The lowest BCUT2D eigenvalue weighted by Gasteiger charge is -2.25. The summed E-state index contributed by atoms with van der Waals surface area (Å²) < 4.78 is 16.6. The number of rotatable bonds is 6. The van der Waals surface area contributed by atoms with Crippen LogP contribution in [0, 0.1) is 0 Å². The molecule has 2 N–H and O–H groups in total. The van der Waals surface area contributed by atoms with Crippen LogP contribution in [-0.2, 0) is 10.3 Å². The van der Waals surface area contributed by atoms with Crippen LogP contribution in [0.3, 0.4) is 0 Å². The van der Waals surface area contributed by atoms with Gasteiger partial charge in [0, 0.05) is 0 Å². The molecule has 2 aromatic rings. The number of benzene rings is 2. The van der Waals surface area contributed by atoms with Gasteiger partial charge in [-0.3, -0.25) is 9.69 Å². The number of aliphatic hydroxyl groups is 1. The summed E-state index contributed by atoms with van der Waals surface area (Å²) in [6.07, 6.45) is -1.02. The number of para-hydroxylation sites is 1. The van der Waals surface area contributed by atoms with Crippen LogP contribution in [-0.4, -0.2) is 54.4 Å². The van der Waals surface area contributed by atoms with Crippen LogP contribution in [0.4, 0.5) is 4.79 Å². The third kappa shape index (κ3) is 3.71. The topological polar surface area (TPSA) is 97.3 Å². The van der Waals surface area contributed by atoms with Gasteiger partial charge in [0.25, 0.3) is 5.91 Å². The number of aliphatic hydroxyl groups excluding tert-OH is 1. The van der Waals surface area contributed by atoms with Gasteiger partial charge in [-0.25, -0.2) is 4.79 Å². The number of urea groups is 1. The molecule has 0 aromatic heterocycles. The molecule has 0 bridgehead atoms. The minimum Gasteiger partial charge on any atom is -0.491 e. The maximum Gasteiger partial charge on any atom is 0.325 e. The lowest BCUT2D eigenvalue weighted by atomic mass is 9.91. The summed E-state index contributed by atoms with van der Waals surface area (Å²) in [5.74, 6) is 1.29. The van der Waals surface area contributed by atoms with E-state index in [0.717, 1.165) is 4.90 Å². The Labute approximate surface area is 168 Å². The number of nitrogens with zero attached hydrogens (tertiary/aromatic N) is 1. The average molecular weight is 398 g/mol. The quantitative estimate of drug-likeness (QED) is 0.719. The molecule has 2 unspecified atom stereocenters. The van der Waals surface area contributed by atoms with E-state index >= 15 is 0 Å². The van der Waals surface area contributed by atoms with Gasteiger partial charge in [0.1, 0.15) is 37.2 Å². The Morgan fingerprint density at radius 3 is 2.62 bits per heavy atom. The summed E-state index contributed by atoms with van der Waals surface area (Å²) in [6.45, 7) is 2.31. The minimum atomic E-state index is -1.26. The highest BCUT2D eigenvalue weighted by molar-refractivity contribution is 6.07. The first-order chi connectivity index (χ1) is 14.0. The number of imide groups is 1. The molecule has 0 saturated carbocycles. The number of β-amino-alcohol motifs (C(OH)–C–C–N with tert-alkyl or cyclic N) is 1. The summed E-state index contributed by atoms with van der Waals surface area (Å²) in [5, 5.41) is 13.0. The summed E-state index contributed by atoms with van der Waals surface area (Å²) in [5.41, 5.74) is -0.676. The molecule has 152 valence electrons. The van der Waals surface area contributed by atoms with E-state index < -0.39 is 23.6 Å². The molecule has 8 nitrogen and oxygen atoms in total. The first kappa shape index (κ1) is 19.1. The van der Waals surface area contributed by atoms with Gasteiger partial charge in [-0.1, -0.05) is 24.3 Å². The minimum absolute atomic E-state index is 0.0399. The Balaban J connectivity index is 1.45. The molecule has 1 fully saturated rings. The Morgan fingerprint density at radius 1 is 1.14 bits per heavy atom. The predicted octanol–water partition coefficient (Wildman–Crippen LogP) is 1.66. The van der Waals surface area contributed by atoms with E-state index in [9.17, 15) is 14.7 Å². The standard InChI is InChI=1S/C21H22N2O6/c1-21(14-7-8-17-18(11-14)28-10-9-27-17)19(25)23(20(26)22-21)12-15(24)13-29-16-5-3-2-4-6-16/h2-8,11,15,24H,9-10,12-13H2,1H3,(H,22,26). The van der Waals surface area contributed by atoms with Crippen molar-refractivity contribution in [1.82, 2.24) is 10.2 Å². The maximum atomic E-state index is 13.0. The van der Waals surface area contributed by atoms with Gasteiger partial charge in [0.2, 0.25) is 0 Å². The second-order valence-electron chi connectivity index (χ2n) is 7.11. The molecule has 2 aliphatic rings. The molecule has 4 rings (SSSR count). The molecule has 3 amide bonds. The van der Waals surface area contributed by atoms with Crippen molar-refractivity contribution >= 4 is 11.9 Å². The first-order valence-corrected chi connectivity index (χ1v) is 9.37. The van der Waals surface area contributed by atoms with Crippen LogP contribution in [0.2, 0.25) is 0 Å². The number of hydrogen-bond acceptors (Lipinski definition) is 6. The van der Waals surface area contributed by atoms with Gasteiger partial charge in [0.05, 0.1) is 6.54 Å². The molecule has 0 aliphatic carbocycles. The zero-order chi connectivity index (χ0) is 20.4. The van der Waals surface area contributed by atoms with Crippen LogP contribution >= 0.6 is 0 Å². The number of carbonyl (C=O) groups excluding carboxylic acids is 2. The van der Waals surface area contributed by atoms with Crippen molar-refractivity contribution in [3.8, 4) is 17.2 Å². The molecule has 2 heterocycles. The largest absolute Gasteiger partial charge is 0.491 e. The van der Waals surface area contributed by atoms with Crippen molar-refractivity contribution < 1.29 is 28.9 Å². The van der Waals surface area contributed by atoms with Gasteiger partial charge < -0.3 is 24.6 Å². The van der Waals surface area contributed by atoms with E-state index in [1.165, 1.54) is 0 Å². The fourth-order valence-electron chi connectivity index (χ4n) is 3.39. The van der Waals surface area contributed by atoms with Crippen molar-refractivity contribution in [2.45, 2.75) is 18.6 Å². The molecule has 2 atom stereocenters. The highest BCUT2D eigenvalue weighted by Gasteiger charge is 2.49. The van der Waals surface area contributed by atoms with Crippen molar-refractivity contribution in [2.75, 3.05) is 26.4 Å². The highest BCUT2D eigenvalue weighted by Crippen LogP contribution is 2.36. The van der Waals surface area contributed by atoms with Gasteiger partial charge >= 0.3 is 6.03 Å². The molecule has 2 aliphatic heterocycles. The zero-order valence-corrected chi connectivity index (χ0v) is 16.0. The lowest BCUT2D eigenvalue weighted by molar-refractivity contribution is -0.132. The van der Waals surface area contributed by atoms with Crippen LogP contribution in [0.25, 0.3) is 0 Å². The van der Waals surface area contributed by atoms with Crippen molar-refractivity contribution in [1.29, 1.82) is 0 Å². The number of amides is 3. The van der Waals surface area contributed by atoms with E-state index in [0.29, 0.717) is 36.0 Å². The van der Waals surface area contributed by atoms with E-state index in [4.69, 9.17) is 14.2 Å². The number of fused-ring (bicyclic) bond motifs is 1. The molecule has 1 saturated heterocycles. The summed E-state index contributed by atoms with van der Waals surface area (Å²) in [6, 6.07) is 13.6. The Hall–Kier alpha value is -3.26. The van der Waals surface area contributed by atoms with E-state index in [1.807, 2.05) is 18.2 Å². The fraction of sp³-hybridized carbons (Fsp3) is 0.333. The fourth-order valence-corrected chi connectivity index (χ4v) is 3.39. The maximum absolute atomic E-state index is 13.0. The third-order valence-corrected chi connectivity index (χ3v) is 4.97. The lowest BCUT2D eigenvalue weighted by Crippen LogP contribution is -2.42. The van der Waals surface area contributed by atoms with Crippen molar-refractivity contribution in [2.24, 2.45) is 0 Å². The molecular formula is C21H22N2O6. The van der Waals surface area contributed by atoms with Gasteiger partial charge in [-0.15, -0.1) is 0 Å². The SMILES string of the molecule is CC1(c2ccc3c(c2)OCCO3)NC(=O)N(CC(O)COc2ccccc2)C1=O. The van der Waals surface area contributed by atoms with E-state index in [2.05, 4.69) is 5.32 Å². The van der Waals surface area contributed by atoms with Crippen LogP contribution in [0.5, 0.6) is 17.2 Å². The molecule has 8 heteroatoms. The highest BCUT2D eigenvalue weighted by atomic mass is 16.6. The van der Waals surface area contributed by atoms with Gasteiger partial charge in [-0.05, 0) is 36.8 Å². The second kappa shape index (κ2) is 7.63. The predicted molar refractivity (Wildman–Crippen MR) is 103 cm³/mol. The molecule has 2 aromatic carbocycles. The normalized spacial score (nSPS) is 21.7. The smallest absolute Gasteiger partial charge is 0.325 e. The Kier molecular flexibility index (Phi) is 5.02. The molecule has 0 radical (unpaired) electrons. The number of nitrogens with one attached hydrogen (secondary N) is 1. The summed E-state index contributed by atoms with van der Waals surface area (Å²) in [7, 11) is 0.